The van der Waals surface area contributed by atoms with Crippen LogP contribution < -0.4 is 11.1 Å². The number of rotatable bonds is 5. The summed E-state index contributed by atoms with van der Waals surface area (Å²) >= 11 is 1.94. The van der Waals surface area contributed by atoms with Crippen LogP contribution in [0, 0.1) is 0 Å². The molecule has 1 aromatic carbocycles. The van der Waals surface area contributed by atoms with Crippen LogP contribution in [0.1, 0.15) is 42.5 Å². The van der Waals surface area contributed by atoms with Crippen molar-refractivity contribution in [2.24, 2.45) is 0 Å². The predicted octanol–water partition coefficient (Wildman–Crippen LogP) is 3.53. The number of ether oxygens (including phenoxy) is 1. The Morgan fingerprint density at radius 2 is 2.10 bits per heavy atom. The van der Waals surface area contributed by atoms with Crippen LogP contribution in [-0.4, -0.2) is 30.6 Å². The van der Waals surface area contributed by atoms with Crippen LogP contribution in [0.4, 0.5) is 11.4 Å². The van der Waals surface area contributed by atoms with E-state index < -0.39 is 5.97 Å². The molecule has 116 valence electrons. The first-order valence-corrected chi connectivity index (χ1v) is 8.60. The summed E-state index contributed by atoms with van der Waals surface area (Å²) < 4.78 is 5.04. The quantitative estimate of drug-likeness (QED) is 0.643. The van der Waals surface area contributed by atoms with Gasteiger partial charge in [0.2, 0.25) is 0 Å². The average molecular weight is 308 g/mol. The highest BCUT2D eigenvalue weighted by atomic mass is 32.2. The molecule has 0 atom stereocenters. The number of thioether (sulfide) groups is 1. The SMILES string of the molecule is COC(=O)c1cccc(NCC2(SC)CCCCC2)c1N. The number of hydrogen-bond acceptors (Lipinski definition) is 5. The van der Waals surface area contributed by atoms with Gasteiger partial charge in [-0.1, -0.05) is 25.3 Å². The molecular formula is C16H24N2O2S. The van der Waals surface area contributed by atoms with Gasteiger partial charge < -0.3 is 15.8 Å². The monoisotopic (exact) mass is 308 g/mol. The molecule has 0 bridgehead atoms. The number of nitrogen functional groups attached to an aromatic ring is 1. The first-order chi connectivity index (χ1) is 10.1. The third kappa shape index (κ3) is 3.64. The molecule has 1 aliphatic carbocycles. The maximum Gasteiger partial charge on any atom is 0.340 e. The molecule has 0 aromatic heterocycles. The number of anilines is 2. The zero-order valence-corrected chi connectivity index (χ0v) is 13.6. The summed E-state index contributed by atoms with van der Waals surface area (Å²) in [5.41, 5.74) is 7.80. The third-order valence-corrected chi connectivity index (χ3v) is 5.73. The lowest BCUT2D eigenvalue weighted by atomic mass is 9.88. The van der Waals surface area contributed by atoms with Crippen molar-refractivity contribution in [2.75, 3.05) is 31.0 Å². The number of esters is 1. The first-order valence-electron chi connectivity index (χ1n) is 7.38. The summed E-state index contributed by atoms with van der Waals surface area (Å²) in [6.45, 7) is 0.878. The molecule has 0 spiro atoms. The Hall–Kier alpha value is -1.36. The Bertz CT molecular complexity index is 499. The lowest BCUT2D eigenvalue weighted by Crippen LogP contribution is -2.35. The fraction of sp³-hybridized carbons (Fsp3) is 0.562. The van der Waals surface area contributed by atoms with Crippen molar-refractivity contribution in [3.63, 3.8) is 0 Å². The third-order valence-electron chi connectivity index (χ3n) is 4.31. The number of benzene rings is 1. The van der Waals surface area contributed by atoms with Crippen LogP contribution >= 0.6 is 11.8 Å². The molecule has 0 heterocycles. The molecular weight excluding hydrogens is 284 g/mol. The Morgan fingerprint density at radius 1 is 1.38 bits per heavy atom. The zero-order valence-electron chi connectivity index (χ0n) is 12.8. The van der Waals surface area contributed by atoms with Crippen LogP contribution in [-0.2, 0) is 4.74 Å². The van der Waals surface area contributed by atoms with Gasteiger partial charge in [0.25, 0.3) is 0 Å². The minimum absolute atomic E-state index is 0.284. The number of para-hydroxylation sites is 1. The molecule has 0 radical (unpaired) electrons. The Kier molecular flexibility index (Phi) is 5.39. The van der Waals surface area contributed by atoms with Crippen LogP contribution in [0.5, 0.6) is 0 Å². The lowest BCUT2D eigenvalue weighted by molar-refractivity contribution is 0.0602. The summed E-state index contributed by atoms with van der Waals surface area (Å²) in [7, 11) is 1.37. The first kappa shape index (κ1) is 16.0. The number of carbonyl (C=O) groups is 1. The van der Waals surface area contributed by atoms with Crippen molar-refractivity contribution < 1.29 is 9.53 Å². The summed E-state index contributed by atoms with van der Waals surface area (Å²) in [5.74, 6) is -0.395. The molecule has 21 heavy (non-hydrogen) atoms. The molecule has 2 rings (SSSR count). The van der Waals surface area contributed by atoms with E-state index in [0.29, 0.717) is 11.3 Å². The van der Waals surface area contributed by atoms with Gasteiger partial charge in [0.05, 0.1) is 24.0 Å². The Morgan fingerprint density at radius 3 is 2.71 bits per heavy atom. The molecule has 1 saturated carbocycles. The largest absolute Gasteiger partial charge is 0.465 e. The second-order valence-electron chi connectivity index (χ2n) is 5.56. The second-order valence-corrected chi connectivity index (χ2v) is 6.83. The van der Waals surface area contributed by atoms with Crippen molar-refractivity contribution in [3.05, 3.63) is 23.8 Å². The van der Waals surface area contributed by atoms with Gasteiger partial charge in [-0.2, -0.15) is 11.8 Å². The van der Waals surface area contributed by atoms with E-state index in [1.165, 1.54) is 39.2 Å². The molecule has 0 unspecified atom stereocenters. The van der Waals surface area contributed by atoms with Gasteiger partial charge in [-0.15, -0.1) is 0 Å². The summed E-state index contributed by atoms with van der Waals surface area (Å²) in [5, 5.41) is 3.44. The topological polar surface area (TPSA) is 64.3 Å². The molecule has 0 amide bonds. The van der Waals surface area contributed by atoms with E-state index in [4.69, 9.17) is 10.5 Å². The van der Waals surface area contributed by atoms with Gasteiger partial charge in [-0.05, 0) is 31.2 Å². The number of carbonyl (C=O) groups excluding carboxylic acids is 1. The fourth-order valence-electron chi connectivity index (χ4n) is 2.91. The van der Waals surface area contributed by atoms with Gasteiger partial charge in [-0.3, -0.25) is 0 Å². The van der Waals surface area contributed by atoms with Crippen molar-refractivity contribution in [3.8, 4) is 0 Å². The lowest BCUT2D eigenvalue weighted by Gasteiger charge is -2.36. The number of hydrogen-bond donors (Lipinski definition) is 2. The van der Waals surface area contributed by atoms with Crippen molar-refractivity contribution in [1.29, 1.82) is 0 Å². The van der Waals surface area contributed by atoms with Crippen molar-refractivity contribution in [2.45, 2.75) is 36.9 Å². The Labute approximate surface area is 130 Å². The highest BCUT2D eigenvalue weighted by molar-refractivity contribution is 8.00. The molecule has 1 aromatic rings. The van der Waals surface area contributed by atoms with E-state index in [1.54, 1.807) is 6.07 Å². The average Bonchev–Trinajstić information content (AvgIpc) is 2.54. The molecule has 0 aliphatic heterocycles. The minimum atomic E-state index is -0.395. The molecule has 1 aliphatic rings. The second kappa shape index (κ2) is 7.07. The highest BCUT2D eigenvalue weighted by Gasteiger charge is 2.31. The van der Waals surface area contributed by atoms with E-state index in [0.717, 1.165) is 12.2 Å². The van der Waals surface area contributed by atoms with E-state index in [-0.39, 0.29) is 4.75 Å². The Balaban J connectivity index is 2.11. The maximum atomic E-state index is 11.7. The molecule has 1 fully saturated rings. The minimum Gasteiger partial charge on any atom is -0.465 e. The van der Waals surface area contributed by atoms with Crippen molar-refractivity contribution >= 4 is 29.1 Å². The number of nitrogens with two attached hydrogens (primary N) is 1. The molecule has 5 heteroatoms. The maximum absolute atomic E-state index is 11.7. The number of methoxy groups -OCH3 is 1. The number of nitrogens with one attached hydrogen (secondary N) is 1. The van der Waals surface area contributed by atoms with Crippen LogP contribution in [0.3, 0.4) is 0 Å². The van der Waals surface area contributed by atoms with Gasteiger partial charge in [-0.25, -0.2) is 4.79 Å². The van der Waals surface area contributed by atoms with Crippen LogP contribution in [0.15, 0.2) is 18.2 Å². The fourth-order valence-corrected chi connectivity index (χ4v) is 3.83. The van der Waals surface area contributed by atoms with Gasteiger partial charge >= 0.3 is 5.97 Å². The molecule has 4 nitrogen and oxygen atoms in total. The smallest absolute Gasteiger partial charge is 0.340 e. The van der Waals surface area contributed by atoms with Crippen LogP contribution in [0.25, 0.3) is 0 Å². The van der Waals surface area contributed by atoms with E-state index in [2.05, 4.69) is 11.6 Å². The zero-order chi connectivity index (χ0) is 15.3. The summed E-state index contributed by atoms with van der Waals surface area (Å²) in [6, 6.07) is 5.44. The summed E-state index contributed by atoms with van der Waals surface area (Å²) in [4.78, 5) is 11.7. The molecule has 3 N–H and O–H groups in total. The van der Waals surface area contributed by atoms with Gasteiger partial charge in [0, 0.05) is 11.3 Å². The van der Waals surface area contributed by atoms with Crippen molar-refractivity contribution in [1.82, 2.24) is 0 Å². The molecule has 0 saturated heterocycles. The van der Waals surface area contributed by atoms with Crippen LogP contribution in [0.2, 0.25) is 0 Å². The van der Waals surface area contributed by atoms with E-state index in [9.17, 15) is 4.79 Å². The van der Waals surface area contributed by atoms with E-state index >= 15 is 0 Å². The standard InChI is InChI=1S/C16H24N2O2S/c1-20-15(19)12-7-6-8-13(14(12)17)18-11-16(21-2)9-4-3-5-10-16/h6-8,18H,3-5,9-11,17H2,1-2H3. The van der Waals surface area contributed by atoms with E-state index in [1.807, 2.05) is 23.9 Å². The summed E-state index contributed by atoms with van der Waals surface area (Å²) in [6.07, 6.45) is 8.57. The van der Waals surface area contributed by atoms with Gasteiger partial charge in [0.1, 0.15) is 0 Å². The predicted molar refractivity (Wildman–Crippen MR) is 90.0 cm³/mol. The van der Waals surface area contributed by atoms with Gasteiger partial charge in [0.15, 0.2) is 0 Å². The normalized spacial score (nSPS) is 17.2. The highest BCUT2D eigenvalue weighted by Crippen LogP contribution is 2.39.